The summed E-state index contributed by atoms with van der Waals surface area (Å²) in [5.74, 6) is 0.987. The topological polar surface area (TPSA) is 71.1 Å². The van der Waals surface area contributed by atoms with Crippen molar-refractivity contribution in [1.82, 2.24) is 15.1 Å². The van der Waals surface area contributed by atoms with Crippen molar-refractivity contribution in [3.63, 3.8) is 0 Å². The number of urea groups is 1. The van der Waals surface area contributed by atoms with E-state index in [4.69, 9.17) is 9.47 Å². The normalized spacial score (nSPS) is 14.9. The first-order chi connectivity index (χ1) is 11.4. The van der Waals surface area contributed by atoms with E-state index in [0.717, 1.165) is 12.8 Å². The van der Waals surface area contributed by atoms with E-state index >= 15 is 0 Å². The van der Waals surface area contributed by atoms with Crippen LogP contribution in [0, 0.1) is 0 Å². The zero-order valence-corrected chi connectivity index (χ0v) is 14.7. The molecule has 1 fully saturated rings. The van der Waals surface area contributed by atoms with Gasteiger partial charge in [0.25, 0.3) is 5.91 Å². The van der Waals surface area contributed by atoms with Crippen LogP contribution in [0.5, 0.6) is 11.5 Å². The van der Waals surface area contributed by atoms with Gasteiger partial charge in [0, 0.05) is 44.9 Å². The second-order valence-electron chi connectivity index (χ2n) is 6.01. The lowest BCUT2D eigenvalue weighted by Crippen LogP contribution is -2.49. The van der Waals surface area contributed by atoms with Crippen molar-refractivity contribution in [2.75, 3.05) is 41.4 Å². The average molecular weight is 335 g/mol. The predicted molar refractivity (Wildman–Crippen MR) is 90.7 cm³/mol. The first kappa shape index (κ1) is 17.9. The number of carbonyl (C=O) groups excluding carboxylic acids is 2. The molecule has 3 amide bonds. The first-order valence-corrected chi connectivity index (χ1v) is 7.94. The Morgan fingerprint density at radius 2 is 1.62 bits per heavy atom. The maximum atomic E-state index is 12.5. The third kappa shape index (κ3) is 4.31. The molecule has 1 aliphatic heterocycles. The number of hydrogen-bond acceptors (Lipinski definition) is 4. The Morgan fingerprint density at radius 3 is 2.08 bits per heavy atom. The third-order valence-electron chi connectivity index (χ3n) is 4.10. The molecule has 0 saturated carbocycles. The molecule has 0 spiro atoms. The molecule has 1 N–H and O–H groups in total. The van der Waals surface area contributed by atoms with Gasteiger partial charge in [-0.3, -0.25) is 4.79 Å². The summed E-state index contributed by atoms with van der Waals surface area (Å²) in [5.41, 5.74) is 0.498. The summed E-state index contributed by atoms with van der Waals surface area (Å²) in [5, 5.41) is 3.02. The zero-order chi connectivity index (χ0) is 17.7. The fraction of sp³-hybridized carbons (Fsp3) is 0.529. The molecule has 0 aliphatic carbocycles. The molecule has 7 heteroatoms. The third-order valence-corrected chi connectivity index (χ3v) is 4.10. The van der Waals surface area contributed by atoms with Crippen molar-refractivity contribution >= 4 is 11.9 Å². The molecule has 1 aromatic rings. The highest BCUT2D eigenvalue weighted by atomic mass is 16.5. The number of nitrogens with zero attached hydrogens (tertiary/aromatic N) is 2. The maximum Gasteiger partial charge on any atom is 0.319 e. The van der Waals surface area contributed by atoms with Gasteiger partial charge < -0.3 is 24.6 Å². The second kappa shape index (κ2) is 7.90. The lowest BCUT2D eigenvalue weighted by atomic mass is 10.0. The summed E-state index contributed by atoms with van der Waals surface area (Å²) in [6.45, 7) is 1.28. The van der Waals surface area contributed by atoms with E-state index in [1.807, 2.05) is 0 Å². The molecule has 1 aliphatic rings. The zero-order valence-electron chi connectivity index (χ0n) is 14.7. The van der Waals surface area contributed by atoms with Gasteiger partial charge in [-0.25, -0.2) is 4.79 Å². The molecule has 132 valence electrons. The number of methoxy groups -OCH3 is 2. The van der Waals surface area contributed by atoms with Crippen LogP contribution in [0.4, 0.5) is 4.79 Å². The smallest absolute Gasteiger partial charge is 0.319 e. The van der Waals surface area contributed by atoms with E-state index in [1.165, 1.54) is 0 Å². The predicted octanol–water partition coefficient (Wildman–Crippen LogP) is 1.58. The molecular formula is C17H25N3O4. The standard InChI is InChI=1S/C17H25N3O4/c1-19(2)17(22)20-7-5-13(6-8-20)18-16(21)12-9-14(23-3)11-15(10-12)24-4/h9-11,13H,5-8H2,1-4H3,(H,18,21). The number of benzene rings is 1. The number of likely N-dealkylation sites (tertiary alicyclic amines) is 1. The minimum atomic E-state index is -0.162. The lowest BCUT2D eigenvalue weighted by molar-refractivity contribution is 0.0913. The molecule has 2 rings (SSSR count). The Morgan fingerprint density at radius 1 is 1.08 bits per heavy atom. The monoisotopic (exact) mass is 335 g/mol. The SMILES string of the molecule is COc1cc(OC)cc(C(=O)NC2CCN(C(=O)N(C)C)CC2)c1. The van der Waals surface area contributed by atoms with Crippen LogP contribution < -0.4 is 14.8 Å². The summed E-state index contributed by atoms with van der Waals surface area (Å²) >= 11 is 0. The van der Waals surface area contributed by atoms with Gasteiger partial charge in [-0.2, -0.15) is 0 Å². The van der Waals surface area contributed by atoms with E-state index in [2.05, 4.69) is 5.32 Å². The molecule has 24 heavy (non-hydrogen) atoms. The van der Waals surface area contributed by atoms with E-state index in [9.17, 15) is 9.59 Å². The number of rotatable bonds is 4. The number of nitrogens with one attached hydrogen (secondary N) is 1. The lowest BCUT2D eigenvalue weighted by Gasteiger charge is -2.33. The minimum Gasteiger partial charge on any atom is -0.497 e. The highest BCUT2D eigenvalue weighted by molar-refractivity contribution is 5.95. The molecule has 0 aromatic heterocycles. The number of hydrogen-bond donors (Lipinski definition) is 1. The number of ether oxygens (including phenoxy) is 2. The quantitative estimate of drug-likeness (QED) is 0.907. The molecule has 0 bridgehead atoms. The summed E-state index contributed by atoms with van der Waals surface area (Å²) in [7, 11) is 6.58. The van der Waals surface area contributed by atoms with E-state index in [-0.39, 0.29) is 18.0 Å². The van der Waals surface area contributed by atoms with E-state index < -0.39 is 0 Å². The summed E-state index contributed by atoms with van der Waals surface area (Å²) in [6.07, 6.45) is 1.48. The Labute approximate surface area is 142 Å². The van der Waals surface area contributed by atoms with Gasteiger partial charge in [-0.1, -0.05) is 0 Å². The molecule has 0 unspecified atom stereocenters. The molecule has 0 radical (unpaired) electrons. The van der Waals surface area contributed by atoms with E-state index in [0.29, 0.717) is 30.2 Å². The fourth-order valence-electron chi connectivity index (χ4n) is 2.71. The minimum absolute atomic E-state index is 0.0114. The summed E-state index contributed by atoms with van der Waals surface area (Å²) in [6, 6.07) is 5.16. The van der Waals surface area contributed by atoms with Gasteiger partial charge in [0.05, 0.1) is 14.2 Å². The van der Waals surface area contributed by atoms with Crippen LogP contribution in [0.1, 0.15) is 23.2 Å². The van der Waals surface area contributed by atoms with E-state index in [1.54, 1.807) is 56.3 Å². The van der Waals surface area contributed by atoms with Crippen molar-refractivity contribution in [3.05, 3.63) is 23.8 Å². The van der Waals surface area contributed by atoms with Crippen LogP contribution in [-0.2, 0) is 0 Å². The van der Waals surface area contributed by atoms with Crippen molar-refractivity contribution < 1.29 is 19.1 Å². The van der Waals surface area contributed by atoms with Gasteiger partial charge in [0.1, 0.15) is 11.5 Å². The average Bonchev–Trinajstić information content (AvgIpc) is 2.61. The number of piperidine rings is 1. The molecule has 1 aromatic carbocycles. The van der Waals surface area contributed by atoms with Crippen molar-refractivity contribution in [1.29, 1.82) is 0 Å². The van der Waals surface area contributed by atoms with Crippen LogP contribution in [0.3, 0.4) is 0 Å². The van der Waals surface area contributed by atoms with Crippen LogP contribution in [0.2, 0.25) is 0 Å². The number of amides is 3. The Bertz CT molecular complexity index is 573. The van der Waals surface area contributed by atoms with Crippen molar-refractivity contribution in [2.45, 2.75) is 18.9 Å². The van der Waals surface area contributed by atoms with Crippen molar-refractivity contribution in [3.8, 4) is 11.5 Å². The Kier molecular flexibility index (Phi) is 5.89. The largest absolute Gasteiger partial charge is 0.497 e. The number of carbonyl (C=O) groups is 2. The van der Waals surface area contributed by atoms with Crippen LogP contribution in [0.15, 0.2) is 18.2 Å². The fourth-order valence-corrected chi connectivity index (χ4v) is 2.71. The molecular weight excluding hydrogens is 310 g/mol. The van der Waals surface area contributed by atoms with Crippen molar-refractivity contribution in [2.24, 2.45) is 0 Å². The Hall–Kier alpha value is -2.44. The van der Waals surface area contributed by atoms with Crippen LogP contribution in [0.25, 0.3) is 0 Å². The van der Waals surface area contributed by atoms with Gasteiger partial charge in [0.15, 0.2) is 0 Å². The van der Waals surface area contributed by atoms with Gasteiger partial charge in [-0.05, 0) is 25.0 Å². The van der Waals surface area contributed by atoms with Gasteiger partial charge >= 0.3 is 6.03 Å². The Balaban J connectivity index is 1.95. The molecule has 1 saturated heterocycles. The van der Waals surface area contributed by atoms with Gasteiger partial charge in [0.2, 0.25) is 0 Å². The van der Waals surface area contributed by atoms with Crippen LogP contribution in [-0.4, -0.2) is 69.2 Å². The molecule has 7 nitrogen and oxygen atoms in total. The molecule has 0 atom stereocenters. The van der Waals surface area contributed by atoms with Gasteiger partial charge in [-0.15, -0.1) is 0 Å². The maximum absolute atomic E-state index is 12.5. The molecule has 1 heterocycles. The highest BCUT2D eigenvalue weighted by Gasteiger charge is 2.25. The summed E-state index contributed by atoms with van der Waals surface area (Å²) < 4.78 is 10.4. The van der Waals surface area contributed by atoms with Crippen LogP contribution >= 0.6 is 0 Å². The summed E-state index contributed by atoms with van der Waals surface area (Å²) in [4.78, 5) is 27.8. The highest BCUT2D eigenvalue weighted by Crippen LogP contribution is 2.23. The second-order valence-corrected chi connectivity index (χ2v) is 6.01. The first-order valence-electron chi connectivity index (χ1n) is 7.94.